The van der Waals surface area contributed by atoms with Gasteiger partial charge in [0.1, 0.15) is 0 Å². The number of carbonyl (C=O) groups is 1. The highest BCUT2D eigenvalue weighted by molar-refractivity contribution is 7.09. The SMILES string of the molecule is Cc1nc(CNc2cccc(CN(C)C(=O)C(F)(F)F)c2)cs1. The Morgan fingerprint density at radius 3 is 2.74 bits per heavy atom. The zero-order valence-electron chi connectivity index (χ0n) is 12.6. The number of amides is 1. The monoisotopic (exact) mass is 343 g/mol. The molecule has 0 radical (unpaired) electrons. The van der Waals surface area contributed by atoms with E-state index in [-0.39, 0.29) is 6.54 Å². The van der Waals surface area contributed by atoms with Crippen molar-refractivity contribution in [2.45, 2.75) is 26.2 Å². The molecule has 0 atom stereocenters. The zero-order chi connectivity index (χ0) is 17.0. The molecule has 0 saturated heterocycles. The van der Waals surface area contributed by atoms with Crippen molar-refractivity contribution in [3.8, 4) is 0 Å². The maximum atomic E-state index is 12.4. The lowest BCUT2D eigenvalue weighted by Crippen LogP contribution is -2.37. The maximum Gasteiger partial charge on any atom is 0.471 e. The number of hydrogen-bond acceptors (Lipinski definition) is 4. The van der Waals surface area contributed by atoms with Crippen LogP contribution in [0.5, 0.6) is 0 Å². The molecule has 23 heavy (non-hydrogen) atoms. The van der Waals surface area contributed by atoms with E-state index < -0.39 is 12.1 Å². The Kier molecular flexibility index (Phi) is 5.25. The summed E-state index contributed by atoms with van der Waals surface area (Å²) in [5.41, 5.74) is 2.29. The van der Waals surface area contributed by atoms with Crippen molar-refractivity contribution in [3.05, 3.63) is 45.9 Å². The first kappa shape index (κ1) is 17.3. The lowest BCUT2D eigenvalue weighted by atomic mass is 10.2. The van der Waals surface area contributed by atoms with Crippen LogP contribution >= 0.6 is 11.3 Å². The van der Waals surface area contributed by atoms with Gasteiger partial charge in [0.2, 0.25) is 0 Å². The highest BCUT2D eigenvalue weighted by Gasteiger charge is 2.41. The van der Waals surface area contributed by atoms with Crippen LogP contribution in [0.3, 0.4) is 0 Å². The molecule has 1 N–H and O–H groups in total. The molecular weight excluding hydrogens is 327 g/mol. The van der Waals surface area contributed by atoms with Crippen molar-refractivity contribution in [1.82, 2.24) is 9.88 Å². The lowest BCUT2D eigenvalue weighted by molar-refractivity contribution is -0.184. The first-order valence-corrected chi connectivity index (χ1v) is 7.70. The number of aryl methyl sites for hydroxylation is 1. The molecule has 8 heteroatoms. The molecule has 1 aromatic heterocycles. The molecule has 0 bridgehead atoms. The standard InChI is InChI=1S/C15H16F3N3OS/c1-10-20-13(9-23-10)7-19-12-5-3-4-11(6-12)8-21(2)14(22)15(16,17)18/h3-6,9,19H,7-8H2,1-2H3. The van der Waals surface area contributed by atoms with E-state index in [2.05, 4.69) is 10.3 Å². The molecule has 0 unspecified atom stereocenters. The molecule has 0 spiro atoms. The molecule has 0 fully saturated rings. The fourth-order valence-corrected chi connectivity index (χ4v) is 2.64. The van der Waals surface area contributed by atoms with E-state index >= 15 is 0 Å². The lowest BCUT2D eigenvalue weighted by Gasteiger charge is -2.19. The zero-order valence-corrected chi connectivity index (χ0v) is 13.5. The first-order chi connectivity index (χ1) is 10.8. The first-order valence-electron chi connectivity index (χ1n) is 6.82. The third-order valence-electron chi connectivity index (χ3n) is 3.08. The Labute approximate surface area is 136 Å². The van der Waals surface area contributed by atoms with Gasteiger partial charge in [0.25, 0.3) is 0 Å². The second-order valence-corrected chi connectivity index (χ2v) is 6.13. The normalized spacial score (nSPS) is 11.3. The van der Waals surface area contributed by atoms with E-state index in [0.717, 1.165) is 23.4 Å². The van der Waals surface area contributed by atoms with Gasteiger partial charge in [0, 0.05) is 24.7 Å². The average molecular weight is 343 g/mol. The van der Waals surface area contributed by atoms with Crippen LogP contribution in [0.1, 0.15) is 16.3 Å². The van der Waals surface area contributed by atoms with Gasteiger partial charge in [-0.15, -0.1) is 11.3 Å². The summed E-state index contributed by atoms with van der Waals surface area (Å²) in [5, 5.41) is 6.09. The minimum atomic E-state index is -4.85. The number of halogens is 3. The highest BCUT2D eigenvalue weighted by Crippen LogP contribution is 2.20. The highest BCUT2D eigenvalue weighted by atomic mass is 32.1. The second kappa shape index (κ2) is 6.99. The molecule has 2 rings (SSSR count). The summed E-state index contributed by atoms with van der Waals surface area (Å²) < 4.78 is 37.1. The summed E-state index contributed by atoms with van der Waals surface area (Å²) >= 11 is 1.55. The molecule has 4 nitrogen and oxygen atoms in total. The summed E-state index contributed by atoms with van der Waals surface area (Å²) in [6, 6.07) is 6.95. The Balaban J connectivity index is 1.98. The van der Waals surface area contributed by atoms with Crippen molar-refractivity contribution < 1.29 is 18.0 Å². The summed E-state index contributed by atoms with van der Waals surface area (Å²) in [5.74, 6) is -1.85. The number of rotatable bonds is 5. The van der Waals surface area contributed by atoms with Crippen molar-refractivity contribution >= 4 is 22.9 Å². The van der Waals surface area contributed by atoms with Crippen LogP contribution in [0.2, 0.25) is 0 Å². The predicted octanol–water partition coefficient (Wildman–Crippen LogP) is 3.58. The summed E-state index contributed by atoms with van der Waals surface area (Å²) in [7, 11) is 1.13. The van der Waals surface area contributed by atoms with Gasteiger partial charge in [0.15, 0.2) is 0 Å². The van der Waals surface area contributed by atoms with Crippen LogP contribution in [0.4, 0.5) is 18.9 Å². The van der Waals surface area contributed by atoms with Crippen LogP contribution in [-0.4, -0.2) is 29.0 Å². The predicted molar refractivity (Wildman–Crippen MR) is 83.1 cm³/mol. The molecule has 1 aromatic carbocycles. The molecule has 2 aromatic rings. The smallest absolute Gasteiger partial charge is 0.379 e. The number of benzene rings is 1. The van der Waals surface area contributed by atoms with Crippen LogP contribution in [0, 0.1) is 6.92 Å². The summed E-state index contributed by atoms with van der Waals surface area (Å²) in [6.07, 6.45) is -4.85. The number of nitrogens with zero attached hydrogens (tertiary/aromatic N) is 2. The van der Waals surface area contributed by atoms with Crippen LogP contribution in [-0.2, 0) is 17.9 Å². The third-order valence-corrected chi connectivity index (χ3v) is 3.90. The van der Waals surface area contributed by atoms with E-state index in [0.29, 0.717) is 17.0 Å². The number of thiazole rings is 1. The maximum absolute atomic E-state index is 12.4. The largest absolute Gasteiger partial charge is 0.471 e. The minimum absolute atomic E-state index is 0.107. The van der Waals surface area contributed by atoms with Gasteiger partial charge in [-0.2, -0.15) is 13.2 Å². The Bertz CT molecular complexity index is 685. The van der Waals surface area contributed by atoms with Gasteiger partial charge in [-0.3, -0.25) is 4.79 Å². The number of nitrogens with one attached hydrogen (secondary N) is 1. The topological polar surface area (TPSA) is 45.2 Å². The molecule has 1 amide bonds. The number of alkyl halides is 3. The van der Waals surface area contributed by atoms with E-state index in [4.69, 9.17) is 0 Å². The number of aromatic nitrogens is 1. The van der Waals surface area contributed by atoms with Crippen molar-refractivity contribution in [2.75, 3.05) is 12.4 Å². The van der Waals surface area contributed by atoms with Gasteiger partial charge in [-0.25, -0.2) is 4.98 Å². The minimum Gasteiger partial charge on any atom is -0.379 e. The number of hydrogen-bond donors (Lipinski definition) is 1. The van der Waals surface area contributed by atoms with Crippen molar-refractivity contribution in [3.63, 3.8) is 0 Å². The molecule has 1 heterocycles. The fraction of sp³-hybridized carbons (Fsp3) is 0.333. The molecule has 0 aliphatic carbocycles. The van der Waals surface area contributed by atoms with Crippen LogP contribution < -0.4 is 5.32 Å². The molecule has 0 aliphatic rings. The average Bonchev–Trinajstić information content (AvgIpc) is 2.89. The van der Waals surface area contributed by atoms with E-state index in [1.807, 2.05) is 18.4 Å². The van der Waals surface area contributed by atoms with E-state index in [1.54, 1.807) is 29.5 Å². The second-order valence-electron chi connectivity index (χ2n) is 5.07. The van der Waals surface area contributed by atoms with E-state index in [1.165, 1.54) is 0 Å². The molecule has 0 saturated carbocycles. The molecule has 0 aliphatic heterocycles. The van der Waals surface area contributed by atoms with Gasteiger partial charge < -0.3 is 10.2 Å². The quantitative estimate of drug-likeness (QED) is 0.902. The number of anilines is 1. The van der Waals surface area contributed by atoms with Gasteiger partial charge in [0.05, 0.1) is 17.2 Å². The van der Waals surface area contributed by atoms with Gasteiger partial charge in [-0.05, 0) is 24.6 Å². The van der Waals surface area contributed by atoms with Crippen LogP contribution in [0.15, 0.2) is 29.6 Å². The Hall–Kier alpha value is -2.09. The Morgan fingerprint density at radius 2 is 2.13 bits per heavy atom. The van der Waals surface area contributed by atoms with Crippen molar-refractivity contribution in [1.29, 1.82) is 0 Å². The summed E-state index contributed by atoms with van der Waals surface area (Å²) in [4.78, 5) is 16.1. The molecule has 124 valence electrons. The van der Waals surface area contributed by atoms with Gasteiger partial charge in [-0.1, -0.05) is 12.1 Å². The Morgan fingerprint density at radius 1 is 1.39 bits per heavy atom. The third kappa shape index (κ3) is 4.95. The molecular formula is C15H16F3N3OS. The van der Waals surface area contributed by atoms with E-state index in [9.17, 15) is 18.0 Å². The van der Waals surface area contributed by atoms with Gasteiger partial charge >= 0.3 is 12.1 Å². The van der Waals surface area contributed by atoms with Crippen LogP contribution in [0.25, 0.3) is 0 Å². The number of carbonyl (C=O) groups excluding carboxylic acids is 1. The van der Waals surface area contributed by atoms with Crippen molar-refractivity contribution in [2.24, 2.45) is 0 Å². The summed E-state index contributed by atoms with van der Waals surface area (Å²) in [6.45, 7) is 2.34. The fourth-order valence-electron chi connectivity index (χ4n) is 2.02.